The van der Waals surface area contributed by atoms with Gasteiger partial charge in [0, 0.05) is 26.7 Å². The summed E-state index contributed by atoms with van der Waals surface area (Å²) in [7, 11) is 1.53. The minimum atomic E-state index is -0.739. The van der Waals surface area contributed by atoms with E-state index in [4.69, 9.17) is 9.47 Å². The number of rotatable bonds is 13. The summed E-state index contributed by atoms with van der Waals surface area (Å²) < 4.78 is 11.0. The first-order valence-corrected chi connectivity index (χ1v) is 9.83. The molecule has 1 atom stereocenters. The zero-order valence-electron chi connectivity index (χ0n) is 17.1. The highest BCUT2D eigenvalue weighted by Crippen LogP contribution is 2.26. The van der Waals surface area contributed by atoms with Crippen molar-refractivity contribution in [2.75, 3.05) is 39.9 Å². The van der Waals surface area contributed by atoms with Gasteiger partial charge in [-0.05, 0) is 17.7 Å². The highest BCUT2D eigenvalue weighted by atomic mass is 16.5. The first kappa shape index (κ1) is 23.2. The van der Waals surface area contributed by atoms with Crippen molar-refractivity contribution < 1.29 is 24.2 Å². The fourth-order valence-corrected chi connectivity index (χ4v) is 2.55. The van der Waals surface area contributed by atoms with E-state index in [0.29, 0.717) is 37.6 Å². The number of carbonyl (C=O) groups is 2. The number of likely N-dealkylation sites (N-methyl/N-ethyl adjacent to an activating group) is 1. The lowest BCUT2D eigenvalue weighted by atomic mass is 10.1. The number of para-hydroxylation sites is 2. The van der Waals surface area contributed by atoms with Gasteiger partial charge < -0.3 is 30.5 Å². The lowest BCUT2D eigenvalue weighted by Crippen LogP contribution is -2.37. The van der Waals surface area contributed by atoms with E-state index in [1.807, 2.05) is 30.3 Å². The van der Waals surface area contributed by atoms with Crippen LogP contribution >= 0.6 is 0 Å². The summed E-state index contributed by atoms with van der Waals surface area (Å²) in [4.78, 5) is 23.2. The number of hydrogen-bond acceptors (Lipinski definition) is 6. The first-order valence-electron chi connectivity index (χ1n) is 9.83. The molecule has 0 radical (unpaired) electrons. The third-order valence-corrected chi connectivity index (χ3v) is 4.13. The molecular weight excluding hydrogens is 386 g/mol. The summed E-state index contributed by atoms with van der Waals surface area (Å²) in [5, 5.41) is 18.5. The van der Waals surface area contributed by atoms with Crippen LogP contribution < -0.4 is 25.4 Å². The van der Waals surface area contributed by atoms with Crippen LogP contribution in [0.2, 0.25) is 0 Å². The molecule has 2 aromatic rings. The second-order valence-electron chi connectivity index (χ2n) is 6.59. The fourth-order valence-electron chi connectivity index (χ4n) is 2.55. The highest BCUT2D eigenvalue weighted by molar-refractivity contribution is 5.78. The molecule has 0 saturated carbocycles. The number of ether oxygens (including phenoxy) is 2. The van der Waals surface area contributed by atoms with Crippen LogP contribution in [0.1, 0.15) is 5.56 Å². The quantitative estimate of drug-likeness (QED) is 0.355. The molecule has 0 saturated heterocycles. The molecule has 0 bridgehead atoms. The second kappa shape index (κ2) is 13.2. The van der Waals surface area contributed by atoms with Gasteiger partial charge in [0.25, 0.3) is 5.91 Å². The predicted molar refractivity (Wildman–Crippen MR) is 114 cm³/mol. The van der Waals surface area contributed by atoms with Crippen molar-refractivity contribution in [2.24, 2.45) is 0 Å². The normalized spacial score (nSPS) is 11.4. The molecule has 0 aliphatic carbocycles. The first-order chi connectivity index (χ1) is 14.6. The van der Waals surface area contributed by atoms with Crippen molar-refractivity contribution in [3.63, 3.8) is 0 Å². The van der Waals surface area contributed by atoms with Crippen molar-refractivity contribution in [1.29, 1.82) is 0 Å². The maximum Gasteiger partial charge on any atom is 0.257 e. The van der Waals surface area contributed by atoms with Gasteiger partial charge in [0.15, 0.2) is 18.1 Å². The molecule has 2 amide bonds. The highest BCUT2D eigenvalue weighted by Gasteiger charge is 2.10. The number of benzene rings is 2. The number of nitrogens with one attached hydrogen (secondary N) is 3. The Morgan fingerprint density at radius 2 is 1.60 bits per heavy atom. The Balaban J connectivity index is 1.61. The Morgan fingerprint density at radius 1 is 0.933 bits per heavy atom. The molecule has 0 aromatic heterocycles. The summed E-state index contributed by atoms with van der Waals surface area (Å²) in [6.45, 7) is 1.26. The molecule has 4 N–H and O–H groups in total. The van der Waals surface area contributed by atoms with E-state index in [-0.39, 0.29) is 25.0 Å². The average molecular weight is 415 g/mol. The lowest BCUT2D eigenvalue weighted by Gasteiger charge is -2.16. The number of hydrogen-bond donors (Lipinski definition) is 4. The van der Waals surface area contributed by atoms with E-state index in [9.17, 15) is 14.7 Å². The van der Waals surface area contributed by atoms with Crippen molar-refractivity contribution in [3.05, 3.63) is 60.2 Å². The van der Waals surface area contributed by atoms with Gasteiger partial charge in [-0.25, -0.2) is 0 Å². The van der Waals surface area contributed by atoms with E-state index in [1.165, 1.54) is 7.05 Å². The van der Waals surface area contributed by atoms with E-state index >= 15 is 0 Å². The molecule has 0 spiro atoms. The van der Waals surface area contributed by atoms with Crippen molar-refractivity contribution in [2.45, 2.75) is 12.5 Å². The van der Waals surface area contributed by atoms with Crippen molar-refractivity contribution in [3.8, 4) is 11.5 Å². The van der Waals surface area contributed by atoms with E-state index < -0.39 is 6.10 Å². The SMILES string of the molecule is CNC(=O)COc1ccccc1OCC(O)CNCCNC(=O)Cc1ccccc1. The van der Waals surface area contributed by atoms with Crippen LogP contribution in [0.5, 0.6) is 11.5 Å². The summed E-state index contributed by atoms with van der Waals surface area (Å²) in [5.41, 5.74) is 0.968. The van der Waals surface area contributed by atoms with Gasteiger partial charge in [-0.3, -0.25) is 9.59 Å². The van der Waals surface area contributed by atoms with Crippen LogP contribution in [0.15, 0.2) is 54.6 Å². The Bertz CT molecular complexity index is 785. The Labute approximate surface area is 176 Å². The van der Waals surface area contributed by atoms with E-state index in [0.717, 1.165) is 5.56 Å². The number of aliphatic hydroxyl groups excluding tert-OH is 1. The van der Waals surface area contributed by atoms with Gasteiger partial charge in [0.1, 0.15) is 12.7 Å². The molecule has 0 heterocycles. The topological polar surface area (TPSA) is 109 Å². The number of aliphatic hydroxyl groups is 1. The van der Waals surface area contributed by atoms with Gasteiger partial charge in [0.2, 0.25) is 5.91 Å². The summed E-state index contributed by atoms with van der Waals surface area (Å²) in [5.74, 6) is 0.598. The summed E-state index contributed by atoms with van der Waals surface area (Å²) in [6.07, 6.45) is -0.393. The molecule has 30 heavy (non-hydrogen) atoms. The molecule has 0 aliphatic heterocycles. The lowest BCUT2D eigenvalue weighted by molar-refractivity contribution is -0.122. The standard InChI is InChI=1S/C22H29N3O5/c1-23-22(28)16-30-20-10-6-5-9-19(20)29-15-18(26)14-24-11-12-25-21(27)13-17-7-3-2-4-8-17/h2-10,18,24,26H,11-16H2,1H3,(H,23,28)(H,25,27). The zero-order chi connectivity index (χ0) is 21.6. The van der Waals surface area contributed by atoms with Crippen molar-refractivity contribution in [1.82, 2.24) is 16.0 Å². The van der Waals surface area contributed by atoms with Gasteiger partial charge in [-0.1, -0.05) is 42.5 Å². The van der Waals surface area contributed by atoms with Gasteiger partial charge in [-0.15, -0.1) is 0 Å². The third-order valence-electron chi connectivity index (χ3n) is 4.13. The molecule has 8 nitrogen and oxygen atoms in total. The number of carbonyl (C=O) groups excluding carboxylic acids is 2. The summed E-state index contributed by atoms with van der Waals surface area (Å²) >= 11 is 0. The molecule has 162 valence electrons. The molecule has 1 unspecified atom stereocenters. The van der Waals surface area contributed by atoms with Gasteiger partial charge in [0.05, 0.1) is 6.42 Å². The predicted octanol–water partition coefficient (Wildman–Crippen LogP) is 0.500. The van der Waals surface area contributed by atoms with Crippen LogP contribution in [0.4, 0.5) is 0 Å². The largest absolute Gasteiger partial charge is 0.487 e. The Hall–Kier alpha value is -3.10. The van der Waals surface area contributed by atoms with E-state index in [2.05, 4.69) is 16.0 Å². The molecule has 2 rings (SSSR count). The monoisotopic (exact) mass is 415 g/mol. The van der Waals surface area contributed by atoms with Crippen LogP contribution in [0.25, 0.3) is 0 Å². The minimum absolute atomic E-state index is 0.0414. The summed E-state index contributed by atoms with van der Waals surface area (Å²) in [6, 6.07) is 16.5. The molecular formula is C22H29N3O5. The zero-order valence-corrected chi connectivity index (χ0v) is 17.1. The Kier molecular flexibility index (Phi) is 10.2. The fraction of sp³-hybridized carbons (Fsp3) is 0.364. The maximum atomic E-state index is 11.9. The van der Waals surface area contributed by atoms with Gasteiger partial charge >= 0.3 is 0 Å². The second-order valence-corrected chi connectivity index (χ2v) is 6.59. The Morgan fingerprint density at radius 3 is 2.30 bits per heavy atom. The molecule has 2 aromatic carbocycles. The minimum Gasteiger partial charge on any atom is -0.487 e. The molecule has 8 heteroatoms. The average Bonchev–Trinajstić information content (AvgIpc) is 2.77. The molecule has 0 fully saturated rings. The molecule has 0 aliphatic rings. The van der Waals surface area contributed by atoms with Crippen LogP contribution in [0.3, 0.4) is 0 Å². The third kappa shape index (κ3) is 8.93. The van der Waals surface area contributed by atoms with Crippen LogP contribution in [0, 0.1) is 0 Å². The number of amides is 2. The van der Waals surface area contributed by atoms with Crippen LogP contribution in [-0.2, 0) is 16.0 Å². The van der Waals surface area contributed by atoms with Crippen LogP contribution in [-0.4, -0.2) is 62.9 Å². The van der Waals surface area contributed by atoms with Crippen molar-refractivity contribution >= 4 is 11.8 Å². The van der Waals surface area contributed by atoms with E-state index in [1.54, 1.807) is 24.3 Å². The maximum absolute atomic E-state index is 11.9. The van der Waals surface area contributed by atoms with Gasteiger partial charge in [-0.2, -0.15) is 0 Å². The smallest absolute Gasteiger partial charge is 0.257 e.